The SMILES string of the molecule is NC[C@H](NC(=O)c1ccc(C#Cc2ccc(NC(=O)CN3CCN(c4ccccc4F)CC3)cc2)cc1)C(=O)CO. The molecule has 0 radical (unpaired) electrons. The minimum absolute atomic E-state index is 0.104. The van der Waals surface area contributed by atoms with Crippen LogP contribution in [0.1, 0.15) is 21.5 Å². The molecule has 5 N–H and O–H groups in total. The molecule has 1 atom stereocenters. The van der Waals surface area contributed by atoms with E-state index in [0.717, 1.165) is 5.56 Å². The summed E-state index contributed by atoms with van der Waals surface area (Å²) >= 11 is 0. The van der Waals surface area contributed by atoms with E-state index in [1.807, 2.05) is 28.0 Å². The number of rotatable bonds is 9. The molecule has 0 bridgehead atoms. The summed E-state index contributed by atoms with van der Waals surface area (Å²) in [6, 6.07) is 19.5. The molecular weight excluding hydrogens is 525 g/mol. The molecule has 1 fully saturated rings. The van der Waals surface area contributed by atoms with Crippen molar-refractivity contribution in [2.45, 2.75) is 6.04 Å². The van der Waals surface area contributed by atoms with Crippen LogP contribution >= 0.6 is 0 Å². The molecule has 2 amide bonds. The van der Waals surface area contributed by atoms with Crippen molar-refractivity contribution in [1.29, 1.82) is 0 Å². The fraction of sp³-hybridized carbons (Fsp3) is 0.258. The largest absolute Gasteiger partial charge is 0.388 e. The number of carbonyl (C=O) groups excluding carboxylic acids is 3. The van der Waals surface area contributed by atoms with Gasteiger partial charge in [-0.2, -0.15) is 0 Å². The van der Waals surface area contributed by atoms with E-state index >= 15 is 0 Å². The Balaban J connectivity index is 1.24. The first kappa shape index (κ1) is 29.4. The van der Waals surface area contributed by atoms with Crippen LogP contribution in [-0.2, 0) is 9.59 Å². The number of amides is 2. The predicted octanol–water partition coefficient (Wildman–Crippen LogP) is 1.60. The Morgan fingerprint density at radius 1 is 0.902 bits per heavy atom. The average Bonchev–Trinajstić information content (AvgIpc) is 3.00. The highest BCUT2D eigenvalue weighted by molar-refractivity contribution is 5.98. The number of ketones is 1. The molecule has 212 valence electrons. The zero-order valence-corrected chi connectivity index (χ0v) is 22.5. The molecule has 0 saturated carbocycles. The molecule has 1 aliphatic heterocycles. The van der Waals surface area contributed by atoms with E-state index < -0.39 is 24.3 Å². The van der Waals surface area contributed by atoms with Gasteiger partial charge in [0.05, 0.1) is 12.2 Å². The molecule has 1 heterocycles. The number of hydrogen-bond donors (Lipinski definition) is 4. The molecule has 0 aromatic heterocycles. The number of anilines is 2. The molecule has 0 spiro atoms. The molecule has 3 aromatic carbocycles. The summed E-state index contributed by atoms with van der Waals surface area (Å²) in [5.74, 6) is 4.71. The lowest BCUT2D eigenvalue weighted by Gasteiger charge is -2.35. The van der Waals surface area contributed by atoms with Gasteiger partial charge < -0.3 is 26.4 Å². The lowest BCUT2D eigenvalue weighted by atomic mass is 10.1. The number of nitrogens with two attached hydrogens (primary N) is 1. The summed E-state index contributed by atoms with van der Waals surface area (Å²) < 4.78 is 14.0. The van der Waals surface area contributed by atoms with Crippen LogP contribution in [0.2, 0.25) is 0 Å². The maximum Gasteiger partial charge on any atom is 0.251 e. The van der Waals surface area contributed by atoms with Crippen LogP contribution in [-0.4, -0.2) is 79.5 Å². The van der Waals surface area contributed by atoms with E-state index in [1.165, 1.54) is 6.07 Å². The van der Waals surface area contributed by atoms with Crippen molar-refractivity contribution in [2.75, 3.05) is 56.1 Å². The zero-order valence-electron chi connectivity index (χ0n) is 22.5. The Hall–Kier alpha value is -4.56. The van der Waals surface area contributed by atoms with Crippen LogP contribution in [0.15, 0.2) is 72.8 Å². The first-order chi connectivity index (χ1) is 19.9. The second-order valence-electron chi connectivity index (χ2n) is 9.55. The van der Waals surface area contributed by atoms with Gasteiger partial charge in [-0.3, -0.25) is 19.3 Å². The Labute approximate surface area is 238 Å². The van der Waals surface area contributed by atoms with E-state index in [2.05, 4.69) is 22.5 Å². The number of hydrogen-bond acceptors (Lipinski definition) is 7. The molecule has 0 unspecified atom stereocenters. The van der Waals surface area contributed by atoms with Crippen LogP contribution in [0.25, 0.3) is 0 Å². The number of halogens is 1. The van der Waals surface area contributed by atoms with Crippen LogP contribution in [0.3, 0.4) is 0 Å². The minimum atomic E-state index is -0.942. The lowest BCUT2D eigenvalue weighted by molar-refractivity contribution is -0.123. The monoisotopic (exact) mass is 557 g/mol. The highest BCUT2D eigenvalue weighted by Gasteiger charge is 2.21. The third-order valence-electron chi connectivity index (χ3n) is 6.69. The number of nitrogens with zero attached hydrogens (tertiary/aromatic N) is 2. The molecule has 0 aliphatic carbocycles. The van der Waals surface area contributed by atoms with Crippen molar-refractivity contribution in [1.82, 2.24) is 10.2 Å². The average molecular weight is 558 g/mol. The molecule has 4 rings (SSSR count). The summed E-state index contributed by atoms with van der Waals surface area (Å²) in [7, 11) is 0. The first-order valence-electron chi connectivity index (χ1n) is 13.2. The fourth-order valence-electron chi connectivity index (χ4n) is 4.37. The third-order valence-corrected chi connectivity index (χ3v) is 6.69. The normalized spacial score (nSPS) is 14.0. The Bertz CT molecular complexity index is 1430. The van der Waals surface area contributed by atoms with E-state index in [4.69, 9.17) is 10.8 Å². The number of benzene rings is 3. The van der Waals surface area contributed by atoms with Gasteiger partial charge in [0.1, 0.15) is 18.5 Å². The lowest BCUT2D eigenvalue weighted by Crippen LogP contribution is -2.48. The first-order valence-corrected chi connectivity index (χ1v) is 13.2. The van der Waals surface area contributed by atoms with Gasteiger partial charge in [0.15, 0.2) is 5.78 Å². The van der Waals surface area contributed by atoms with Gasteiger partial charge in [0, 0.05) is 55.1 Å². The van der Waals surface area contributed by atoms with Gasteiger partial charge in [-0.15, -0.1) is 0 Å². The van der Waals surface area contributed by atoms with Gasteiger partial charge in [-0.05, 0) is 60.7 Å². The number of aliphatic hydroxyl groups excluding tert-OH is 1. The maximum atomic E-state index is 14.0. The Morgan fingerprint density at radius 3 is 2.10 bits per heavy atom. The van der Waals surface area contributed by atoms with Crippen LogP contribution in [0.5, 0.6) is 0 Å². The van der Waals surface area contributed by atoms with Crippen LogP contribution in [0.4, 0.5) is 15.8 Å². The van der Waals surface area contributed by atoms with Crippen molar-refractivity contribution in [3.63, 3.8) is 0 Å². The summed E-state index contributed by atoms with van der Waals surface area (Å²) in [5, 5.41) is 14.4. The molecule has 3 aromatic rings. The maximum absolute atomic E-state index is 14.0. The number of aliphatic hydroxyl groups is 1. The predicted molar refractivity (Wildman–Crippen MR) is 155 cm³/mol. The molecule has 1 aliphatic rings. The zero-order chi connectivity index (χ0) is 29.2. The molecule has 41 heavy (non-hydrogen) atoms. The number of nitrogens with one attached hydrogen (secondary N) is 2. The highest BCUT2D eigenvalue weighted by atomic mass is 19.1. The topological polar surface area (TPSA) is 128 Å². The van der Waals surface area contributed by atoms with Crippen molar-refractivity contribution in [2.24, 2.45) is 5.73 Å². The van der Waals surface area contributed by atoms with E-state index in [9.17, 15) is 18.8 Å². The van der Waals surface area contributed by atoms with Crippen LogP contribution < -0.4 is 21.3 Å². The smallest absolute Gasteiger partial charge is 0.251 e. The van der Waals surface area contributed by atoms with Crippen LogP contribution in [0, 0.1) is 17.7 Å². The summed E-state index contributed by atoms with van der Waals surface area (Å²) in [5.41, 5.74) is 8.53. The van der Waals surface area contributed by atoms with Crippen molar-refractivity contribution >= 4 is 29.0 Å². The minimum Gasteiger partial charge on any atom is -0.388 e. The van der Waals surface area contributed by atoms with Gasteiger partial charge >= 0.3 is 0 Å². The summed E-state index contributed by atoms with van der Waals surface area (Å²) in [4.78, 5) is 40.6. The van der Waals surface area contributed by atoms with Gasteiger partial charge in [-0.1, -0.05) is 24.0 Å². The van der Waals surface area contributed by atoms with Crippen molar-refractivity contribution in [3.05, 3.63) is 95.3 Å². The second-order valence-corrected chi connectivity index (χ2v) is 9.55. The second kappa shape index (κ2) is 14.2. The fourth-order valence-corrected chi connectivity index (χ4v) is 4.37. The molecular formula is C31H32FN5O4. The van der Waals surface area contributed by atoms with Crippen molar-refractivity contribution < 1.29 is 23.9 Å². The summed E-state index contributed by atoms with van der Waals surface area (Å²) in [6.45, 7) is 2.09. The standard InChI is InChI=1S/C31H32FN5O4/c32-26-3-1-2-4-28(26)37-17-15-36(16-18-37)20-30(40)34-25-13-9-23(10-14-25)6-5-22-7-11-24(12-8-22)31(41)35-27(19-33)29(39)21-38/h1-4,7-14,27,38H,15-21,33H2,(H,34,40)(H,35,41)/t27-/m0/s1. The number of para-hydroxylation sites is 1. The number of piperazine rings is 1. The van der Waals surface area contributed by atoms with E-state index in [0.29, 0.717) is 48.7 Å². The van der Waals surface area contributed by atoms with E-state index in [1.54, 1.807) is 48.5 Å². The van der Waals surface area contributed by atoms with Gasteiger partial charge in [-0.25, -0.2) is 4.39 Å². The Morgan fingerprint density at radius 2 is 1.51 bits per heavy atom. The summed E-state index contributed by atoms with van der Waals surface area (Å²) in [6.07, 6.45) is 0. The number of Topliss-reactive ketones (excluding diaryl/α,β-unsaturated/α-hetero) is 1. The van der Waals surface area contributed by atoms with Crippen molar-refractivity contribution in [3.8, 4) is 11.8 Å². The van der Waals surface area contributed by atoms with E-state index in [-0.39, 0.29) is 24.8 Å². The highest BCUT2D eigenvalue weighted by Crippen LogP contribution is 2.20. The molecule has 1 saturated heterocycles. The van der Waals surface area contributed by atoms with Gasteiger partial charge in [0.2, 0.25) is 5.91 Å². The molecule has 10 heteroatoms. The Kier molecular flexibility index (Phi) is 10.2. The van der Waals surface area contributed by atoms with Gasteiger partial charge in [0.25, 0.3) is 5.91 Å². The molecule has 9 nitrogen and oxygen atoms in total. The third kappa shape index (κ3) is 8.22. The quantitative estimate of drug-likeness (QED) is 0.294. The number of carbonyl (C=O) groups is 3.